The number of aliphatic hydroxyl groups excluding tert-OH is 1. The topological polar surface area (TPSA) is 88.1 Å². The third-order valence-corrected chi connectivity index (χ3v) is 4.96. The molecule has 0 saturated carbocycles. The molecule has 0 amide bonds. The zero-order valence-electron chi connectivity index (χ0n) is 14.8. The maximum Gasteiger partial charge on any atom is 0.208 e. The summed E-state index contributed by atoms with van der Waals surface area (Å²) in [5.74, 6) is 0.775. The molecule has 2 N–H and O–H groups in total. The lowest BCUT2D eigenvalue weighted by Gasteiger charge is -2.33. The molecule has 0 spiro atoms. The van der Waals surface area contributed by atoms with Crippen LogP contribution < -0.4 is 9.46 Å². The molecule has 1 saturated heterocycles. The fourth-order valence-electron chi connectivity index (χ4n) is 3.01. The predicted molar refractivity (Wildman–Crippen MR) is 96.1 cm³/mol. The van der Waals surface area contributed by atoms with Crippen LogP contribution in [-0.4, -0.2) is 70.2 Å². The Morgan fingerprint density at radius 2 is 2.00 bits per heavy atom. The van der Waals surface area contributed by atoms with Crippen molar-refractivity contribution < 1.29 is 23.0 Å². The van der Waals surface area contributed by atoms with Gasteiger partial charge in [-0.3, -0.25) is 0 Å². The van der Waals surface area contributed by atoms with Crippen molar-refractivity contribution in [2.24, 2.45) is 0 Å². The molecular formula is C17H28N2O5S. The molecule has 7 nitrogen and oxygen atoms in total. The Kier molecular flexibility index (Phi) is 7.64. The van der Waals surface area contributed by atoms with Gasteiger partial charge in [0.25, 0.3) is 0 Å². The smallest absolute Gasteiger partial charge is 0.208 e. The van der Waals surface area contributed by atoms with E-state index in [9.17, 15) is 13.5 Å². The molecule has 2 rings (SSSR count). The van der Waals surface area contributed by atoms with Crippen molar-refractivity contribution in [2.45, 2.75) is 31.6 Å². The summed E-state index contributed by atoms with van der Waals surface area (Å²) < 4.78 is 36.0. The first-order valence-electron chi connectivity index (χ1n) is 8.44. The molecule has 1 heterocycles. The van der Waals surface area contributed by atoms with Crippen molar-refractivity contribution >= 4 is 10.0 Å². The highest BCUT2D eigenvalue weighted by Crippen LogP contribution is 2.18. The minimum absolute atomic E-state index is 0.00908. The van der Waals surface area contributed by atoms with Crippen LogP contribution >= 0.6 is 0 Å². The third kappa shape index (κ3) is 7.29. The molecular weight excluding hydrogens is 344 g/mol. The van der Waals surface area contributed by atoms with Gasteiger partial charge in [-0.2, -0.15) is 0 Å². The molecule has 0 aliphatic carbocycles. The van der Waals surface area contributed by atoms with Gasteiger partial charge in [0.1, 0.15) is 5.75 Å². The van der Waals surface area contributed by atoms with Crippen molar-refractivity contribution in [3.8, 4) is 5.75 Å². The van der Waals surface area contributed by atoms with Crippen molar-refractivity contribution in [1.29, 1.82) is 0 Å². The second-order valence-corrected chi connectivity index (χ2v) is 8.23. The maximum absolute atomic E-state index is 11.2. The number of benzene rings is 1. The Balaban J connectivity index is 1.67. The zero-order chi connectivity index (χ0) is 18.3. The van der Waals surface area contributed by atoms with Gasteiger partial charge in [-0.15, -0.1) is 0 Å². The summed E-state index contributed by atoms with van der Waals surface area (Å²) in [4.78, 5) is 2.14. The van der Waals surface area contributed by atoms with E-state index in [4.69, 9.17) is 9.47 Å². The maximum atomic E-state index is 11.2. The van der Waals surface area contributed by atoms with Crippen molar-refractivity contribution in [1.82, 2.24) is 9.62 Å². The molecule has 25 heavy (non-hydrogen) atoms. The van der Waals surface area contributed by atoms with E-state index in [0.717, 1.165) is 37.2 Å². The summed E-state index contributed by atoms with van der Waals surface area (Å²) in [5.41, 5.74) is 0.949. The largest absolute Gasteiger partial charge is 0.496 e. The molecule has 8 heteroatoms. The van der Waals surface area contributed by atoms with Gasteiger partial charge in [0.05, 0.1) is 32.7 Å². The van der Waals surface area contributed by atoms with Gasteiger partial charge in [0.15, 0.2) is 0 Å². The first kappa shape index (κ1) is 20.1. The first-order chi connectivity index (χ1) is 11.9. The molecule has 0 radical (unpaired) electrons. The second kappa shape index (κ2) is 9.49. The average molecular weight is 372 g/mol. The monoisotopic (exact) mass is 372 g/mol. The summed E-state index contributed by atoms with van der Waals surface area (Å²) in [6.07, 6.45) is 2.11. The molecule has 1 aliphatic heterocycles. The lowest BCUT2D eigenvalue weighted by atomic mass is 10.1. The molecule has 142 valence electrons. The molecule has 1 unspecified atom stereocenters. The fourth-order valence-corrected chi connectivity index (χ4v) is 3.86. The minimum Gasteiger partial charge on any atom is -0.496 e. The van der Waals surface area contributed by atoms with Crippen LogP contribution in [0.2, 0.25) is 0 Å². The number of ether oxygens (including phenoxy) is 2. The second-order valence-electron chi connectivity index (χ2n) is 6.45. The molecule has 1 fully saturated rings. The number of hydrogen-bond acceptors (Lipinski definition) is 6. The van der Waals surface area contributed by atoms with Crippen LogP contribution in [0.25, 0.3) is 0 Å². The van der Waals surface area contributed by atoms with Gasteiger partial charge in [-0.25, -0.2) is 13.1 Å². The van der Waals surface area contributed by atoms with Gasteiger partial charge in [0.2, 0.25) is 10.0 Å². The van der Waals surface area contributed by atoms with Crippen LogP contribution in [0, 0.1) is 0 Å². The van der Waals surface area contributed by atoms with Crippen LogP contribution in [-0.2, 0) is 21.4 Å². The summed E-state index contributed by atoms with van der Waals surface area (Å²) in [6, 6.07) is 7.63. The number of sulfonamides is 1. The zero-order valence-corrected chi connectivity index (χ0v) is 15.7. The number of rotatable bonds is 9. The molecule has 0 bridgehead atoms. The number of likely N-dealkylation sites (tertiary alicyclic amines) is 1. The molecule has 1 aliphatic rings. The molecule has 1 atom stereocenters. The standard InChI is InChI=1S/C17H28N2O5S/c1-23-17-6-4-3-5-14(17)12-24-13-16(20)11-19-9-7-15(8-10-19)18-25(2,21)22/h3-6,15-16,18,20H,7-13H2,1-2H3. The Labute approximate surface area is 150 Å². The van der Waals surface area contributed by atoms with E-state index < -0.39 is 16.1 Å². The van der Waals surface area contributed by atoms with Crippen molar-refractivity contribution in [3.05, 3.63) is 29.8 Å². The van der Waals surface area contributed by atoms with Crippen molar-refractivity contribution in [2.75, 3.05) is 39.6 Å². The summed E-state index contributed by atoms with van der Waals surface area (Å²) in [7, 11) is -1.54. The summed E-state index contributed by atoms with van der Waals surface area (Å²) in [5, 5.41) is 10.1. The van der Waals surface area contributed by atoms with Gasteiger partial charge < -0.3 is 19.5 Å². The lowest BCUT2D eigenvalue weighted by molar-refractivity contribution is 0.00563. The van der Waals surface area contributed by atoms with Crippen LogP contribution in [0.5, 0.6) is 5.75 Å². The molecule has 1 aromatic carbocycles. The number of methoxy groups -OCH3 is 1. The van der Waals surface area contributed by atoms with Crippen LogP contribution in [0.3, 0.4) is 0 Å². The third-order valence-electron chi connectivity index (χ3n) is 4.20. The highest BCUT2D eigenvalue weighted by atomic mass is 32.2. The Morgan fingerprint density at radius 1 is 1.32 bits per heavy atom. The number of nitrogens with one attached hydrogen (secondary N) is 1. The van der Waals surface area contributed by atoms with E-state index in [2.05, 4.69) is 9.62 Å². The summed E-state index contributed by atoms with van der Waals surface area (Å²) >= 11 is 0. The first-order valence-corrected chi connectivity index (χ1v) is 10.3. The number of β-amino-alcohol motifs (C(OH)–C–C–N with tert-alkyl or cyclic N) is 1. The lowest BCUT2D eigenvalue weighted by Crippen LogP contribution is -2.46. The van der Waals surface area contributed by atoms with Crippen LogP contribution in [0.4, 0.5) is 0 Å². The van der Waals surface area contributed by atoms with E-state index in [1.54, 1.807) is 7.11 Å². The number of piperidine rings is 1. The fraction of sp³-hybridized carbons (Fsp3) is 0.647. The molecule has 1 aromatic rings. The molecule has 0 aromatic heterocycles. The Hall–Kier alpha value is -1.19. The quantitative estimate of drug-likeness (QED) is 0.660. The van der Waals surface area contributed by atoms with Gasteiger partial charge in [-0.1, -0.05) is 18.2 Å². The normalized spacial score (nSPS) is 18.2. The number of nitrogens with zero attached hydrogens (tertiary/aromatic N) is 1. The Morgan fingerprint density at radius 3 is 2.64 bits per heavy atom. The highest BCUT2D eigenvalue weighted by Gasteiger charge is 2.23. The Bertz CT molecular complexity index is 630. The van der Waals surface area contributed by atoms with Crippen molar-refractivity contribution in [3.63, 3.8) is 0 Å². The number of aliphatic hydroxyl groups is 1. The highest BCUT2D eigenvalue weighted by molar-refractivity contribution is 7.88. The van der Waals surface area contributed by atoms with Gasteiger partial charge in [0, 0.05) is 18.2 Å². The van der Waals surface area contributed by atoms with Crippen LogP contribution in [0.15, 0.2) is 24.3 Å². The van der Waals surface area contributed by atoms with E-state index in [0.29, 0.717) is 13.2 Å². The van der Waals surface area contributed by atoms with E-state index in [1.807, 2.05) is 24.3 Å². The average Bonchev–Trinajstić information content (AvgIpc) is 2.56. The van der Waals surface area contributed by atoms with E-state index in [-0.39, 0.29) is 12.6 Å². The van der Waals surface area contributed by atoms with Gasteiger partial charge >= 0.3 is 0 Å². The van der Waals surface area contributed by atoms with Crippen LogP contribution in [0.1, 0.15) is 18.4 Å². The van der Waals surface area contributed by atoms with E-state index >= 15 is 0 Å². The van der Waals surface area contributed by atoms with Gasteiger partial charge in [-0.05, 0) is 32.0 Å². The number of hydrogen-bond donors (Lipinski definition) is 2. The SMILES string of the molecule is COc1ccccc1COCC(O)CN1CCC(NS(C)(=O)=O)CC1. The minimum atomic E-state index is -3.16. The van der Waals surface area contributed by atoms with E-state index in [1.165, 1.54) is 6.26 Å². The summed E-state index contributed by atoms with van der Waals surface area (Å²) in [6.45, 7) is 2.69. The predicted octanol–water partition coefficient (Wildman–Crippen LogP) is 0.586. The number of para-hydroxylation sites is 1.